The van der Waals surface area contributed by atoms with Crippen molar-refractivity contribution in [2.45, 2.75) is 38.8 Å². The van der Waals surface area contributed by atoms with Gasteiger partial charge >= 0.3 is 0 Å². The lowest BCUT2D eigenvalue weighted by Crippen LogP contribution is -2.41. The fourth-order valence-electron chi connectivity index (χ4n) is 1.86. The van der Waals surface area contributed by atoms with E-state index in [0.29, 0.717) is 12.5 Å². The monoisotopic (exact) mass is 187 g/mol. The van der Waals surface area contributed by atoms with Gasteiger partial charge in [0.2, 0.25) is 0 Å². The third-order valence-corrected chi connectivity index (χ3v) is 2.63. The number of hydrogen-bond donors (Lipinski definition) is 2. The summed E-state index contributed by atoms with van der Waals surface area (Å²) in [5, 5.41) is 9.86. The summed E-state index contributed by atoms with van der Waals surface area (Å²) in [6, 6.07) is -0.0910. The molecule has 1 aliphatic rings. The third kappa shape index (κ3) is 3.25. The smallest absolute Gasteiger partial charge is 0.0742 e. The summed E-state index contributed by atoms with van der Waals surface area (Å²) in [5.41, 5.74) is 5.89. The molecule has 1 saturated heterocycles. The van der Waals surface area contributed by atoms with E-state index in [4.69, 9.17) is 10.5 Å². The van der Waals surface area contributed by atoms with Crippen molar-refractivity contribution >= 4 is 0 Å². The molecule has 13 heavy (non-hydrogen) atoms. The Bertz CT molecular complexity index is 144. The summed E-state index contributed by atoms with van der Waals surface area (Å²) in [6.45, 7) is 5.69. The molecule has 0 aromatic carbocycles. The van der Waals surface area contributed by atoms with Crippen molar-refractivity contribution in [3.63, 3.8) is 0 Å². The van der Waals surface area contributed by atoms with Crippen LogP contribution in [0.4, 0.5) is 0 Å². The van der Waals surface area contributed by atoms with E-state index in [1.807, 2.05) is 0 Å². The predicted octanol–water partition coefficient (Wildman–Crippen LogP) is 0.757. The number of aliphatic hydroxyl groups is 1. The van der Waals surface area contributed by atoms with E-state index in [2.05, 4.69) is 13.8 Å². The number of hydrogen-bond acceptors (Lipinski definition) is 3. The number of aliphatic hydroxyl groups excluding tert-OH is 1. The van der Waals surface area contributed by atoms with Crippen molar-refractivity contribution < 1.29 is 9.84 Å². The fraction of sp³-hybridized carbons (Fsp3) is 1.00. The number of nitrogens with two attached hydrogens (primary N) is 1. The zero-order valence-electron chi connectivity index (χ0n) is 8.57. The van der Waals surface area contributed by atoms with Gasteiger partial charge in [0.25, 0.3) is 0 Å². The largest absolute Gasteiger partial charge is 0.391 e. The second-order valence-electron chi connectivity index (χ2n) is 4.41. The van der Waals surface area contributed by atoms with Crippen LogP contribution < -0.4 is 5.73 Å². The second-order valence-corrected chi connectivity index (χ2v) is 4.41. The Morgan fingerprint density at radius 3 is 2.69 bits per heavy atom. The van der Waals surface area contributed by atoms with Crippen LogP contribution in [0.1, 0.15) is 26.7 Å². The first-order valence-corrected chi connectivity index (χ1v) is 5.12. The van der Waals surface area contributed by atoms with Gasteiger partial charge in [-0.05, 0) is 18.8 Å². The third-order valence-electron chi connectivity index (χ3n) is 2.63. The normalized spacial score (nSPS) is 27.9. The van der Waals surface area contributed by atoms with Crippen molar-refractivity contribution in [3.05, 3.63) is 0 Å². The van der Waals surface area contributed by atoms with Crippen LogP contribution in [-0.2, 0) is 4.74 Å². The highest BCUT2D eigenvalue weighted by Crippen LogP contribution is 2.20. The van der Waals surface area contributed by atoms with E-state index in [0.717, 1.165) is 19.4 Å². The average Bonchev–Trinajstić information content (AvgIpc) is 2.53. The van der Waals surface area contributed by atoms with Crippen molar-refractivity contribution in [1.29, 1.82) is 0 Å². The van der Waals surface area contributed by atoms with Crippen molar-refractivity contribution in [2.75, 3.05) is 13.2 Å². The van der Waals surface area contributed by atoms with Gasteiger partial charge in [-0.3, -0.25) is 0 Å². The van der Waals surface area contributed by atoms with Gasteiger partial charge < -0.3 is 15.6 Å². The molecule has 3 unspecified atom stereocenters. The summed E-state index contributed by atoms with van der Waals surface area (Å²) in [5.74, 6) is 0.806. The average molecular weight is 187 g/mol. The van der Waals surface area contributed by atoms with E-state index < -0.39 is 0 Å². The van der Waals surface area contributed by atoms with Gasteiger partial charge in [0, 0.05) is 18.6 Å². The first-order valence-electron chi connectivity index (χ1n) is 5.12. The van der Waals surface area contributed by atoms with E-state index in [-0.39, 0.29) is 18.1 Å². The molecule has 1 rings (SSSR count). The Hall–Kier alpha value is -0.120. The molecule has 3 atom stereocenters. The maximum absolute atomic E-state index is 9.86. The van der Waals surface area contributed by atoms with Gasteiger partial charge in [0.15, 0.2) is 0 Å². The lowest BCUT2D eigenvalue weighted by Gasteiger charge is -2.24. The molecule has 0 aromatic heterocycles. The lowest BCUT2D eigenvalue weighted by molar-refractivity contribution is 0.0647. The Labute approximate surface area is 80.3 Å². The number of rotatable bonds is 4. The van der Waals surface area contributed by atoms with Crippen LogP contribution in [0.25, 0.3) is 0 Å². The predicted molar refractivity (Wildman–Crippen MR) is 52.4 cm³/mol. The highest BCUT2D eigenvalue weighted by molar-refractivity contribution is 4.81. The van der Waals surface area contributed by atoms with E-state index in [9.17, 15) is 5.11 Å². The molecule has 3 nitrogen and oxygen atoms in total. The Balaban J connectivity index is 2.31. The molecule has 0 radical (unpaired) electrons. The van der Waals surface area contributed by atoms with Gasteiger partial charge in [-0.15, -0.1) is 0 Å². The molecule has 3 heteroatoms. The minimum absolute atomic E-state index is 0.0910. The molecule has 1 aliphatic heterocycles. The molecule has 0 spiro atoms. The lowest BCUT2D eigenvalue weighted by atomic mass is 9.91. The Morgan fingerprint density at radius 1 is 1.54 bits per heavy atom. The zero-order valence-corrected chi connectivity index (χ0v) is 8.57. The summed E-state index contributed by atoms with van der Waals surface area (Å²) in [7, 11) is 0. The first kappa shape index (κ1) is 11.0. The Morgan fingerprint density at radius 2 is 2.23 bits per heavy atom. The molecule has 0 aliphatic carbocycles. The van der Waals surface area contributed by atoms with Gasteiger partial charge in [0.1, 0.15) is 0 Å². The molecule has 3 N–H and O–H groups in total. The molecule has 0 bridgehead atoms. The van der Waals surface area contributed by atoms with Crippen LogP contribution in [0.5, 0.6) is 0 Å². The summed E-state index contributed by atoms with van der Waals surface area (Å²) in [4.78, 5) is 0. The van der Waals surface area contributed by atoms with Crippen LogP contribution in [0.2, 0.25) is 0 Å². The molecule has 78 valence electrons. The standard InChI is InChI=1S/C10H21NO2/c1-7(2)5-9(11)10(12)8-3-4-13-6-8/h7-10,12H,3-6,11H2,1-2H3. The molecule has 1 fully saturated rings. The van der Waals surface area contributed by atoms with Gasteiger partial charge in [-0.25, -0.2) is 0 Å². The van der Waals surface area contributed by atoms with Crippen LogP contribution in [0, 0.1) is 11.8 Å². The summed E-state index contributed by atoms with van der Waals surface area (Å²) < 4.78 is 5.22. The summed E-state index contributed by atoms with van der Waals surface area (Å²) in [6.07, 6.45) is 1.45. The van der Waals surface area contributed by atoms with Crippen LogP contribution in [0.15, 0.2) is 0 Å². The van der Waals surface area contributed by atoms with Gasteiger partial charge in [-0.1, -0.05) is 13.8 Å². The van der Waals surface area contributed by atoms with Crippen molar-refractivity contribution in [1.82, 2.24) is 0 Å². The molecule has 1 heterocycles. The van der Waals surface area contributed by atoms with Gasteiger partial charge in [-0.2, -0.15) is 0 Å². The molecular weight excluding hydrogens is 166 g/mol. The molecule has 0 aromatic rings. The SMILES string of the molecule is CC(C)CC(N)C(O)C1CCOC1. The molecule has 0 saturated carbocycles. The van der Waals surface area contributed by atoms with Crippen molar-refractivity contribution in [3.8, 4) is 0 Å². The van der Waals surface area contributed by atoms with E-state index >= 15 is 0 Å². The maximum atomic E-state index is 9.86. The van der Waals surface area contributed by atoms with Crippen molar-refractivity contribution in [2.24, 2.45) is 17.6 Å². The summed E-state index contributed by atoms with van der Waals surface area (Å²) >= 11 is 0. The molecular formula is C10H21NO2. The first-order chi connectivity index (χ1) is 6.11. The minimum Gasteiger partial charge on any atom is -0.391 e. The molecule has 0 amide bonds. The second kappa shape index (κ2) is 4.94. The van der Waals surface area contributed by atoms with Crippen LogP contribution in [-0.4, -0.2) is 30.5 Å². The van der Waals surface area contributed by atoms with Crippen LogP contribution >= 0.6 is 0 Å². The minimum atomic E-state index is -0.384. The van der Waals surface area contributed by atoms with E-state index in [1.54, 1.807) is 0 Å². The van der Waals surface area contributed by atoms with Gasteiger partial charge in [0.05, 0.1) is 12.7 Å². The highest BCUT2D eigenvalue weighted by atomic mass is 16.5. The number of ether oxygens (including phenoxy) is 1. The zero-order chi connectivity index (χ0) is 9.84. The fourth-order valence-corrected chi connectivity index (χ4v) is 1.86. The maximum Gasteiger partial charge on any atom is 0.0742 e. The quantitative estimate of drug-likeness (QED) is 0.683. The topological polar surface area (TPSA) is 55.5 Å². The Kier molecular flexibility index (Phi) is 4.16. The highest BCUT2D eigenvalue weighted by Gasteiger charge is 2.28. The van der Waals surface area contributed by atoms with E-state index in [1.165, 1.54) is 0 Å². The van der Waals surface area contributed by atoms with Crippen LogP contribution in [0.3, 0.4) is 0 Å².